The molecule has 0 fully saturated rings. The van der Waals surface area contributed by atoms with E-state index >= 15 is 0 Å². The van der Waals surface area contributed by atoms with Crippen LogP contribution in [0.5, 0.6) is 0 Å². The molecule has 0 amide bonds. The highest BCUT2D eigenvalue weighted by Crippen LogP contribution is 2.29. The molecule has 16 heavy (non-hydrogen) atoms. The summed E-state index contributed by atoms with van der Waals surface area (Å²) in [7, 11) is 0. The third-order valence-corrected chi connectivity index (χ3v) is 3.65. The molecule has 1 unspecified atom stereocenters. The fraction of sp³-hybridized carbons (Fsp3) is 0.167. The molecule has 0 spiro atoms. The van der Waals surface area contributed by atoms with Crippen molar-refractivity contribution < 1.29 is 9.50 Å². The van der Waals surface area contributed by atoms with Crippen molar-refractivity contribution in [2.24, 2.45) is 0 Å². The van der Waals surface area contributed by atoms with Crippen LogP contribution in [0.25, 0.3) is 0 Å². The molecule has 1 aromatic carbocycles. The Labute approximate surface area is 102 Å². The molecule has 2 aromatic rings. The third-order valence-electron chi connectivity index (χ3n) is 2.29. The Balaban J connectivity index is 2.33. The lowest BCUT2D eigenvalue weighted by Gasteiger charge is -2.09. The zero-order valence-electron chi connectivity index (χ0n) is 8.58. The highest BCUT2D eigenvalue weighted by molar-refractivity contribution is 7.12. The van der Waals surface area contributed by atoms with E-state index in [1.165, 1.54) is 23.5 Å². The molecule has 0 radical (unpaired) electrons. The van der Waals surface area contributed by atoms with E-state index in [4.69, 9.17) is 11.6 Å². The molecular weight excluding hydrogens is 247 g/mol. The SMILES string of the molecule is Cc1ccc(C(O)c2ccc(Cl)c(F)c2)s1. The van der Waals surface area contributed by atoms with E-state index in [0.717, 1.165) is 9.75 Å². The van der Waals surface area contributed by atoms with Gasteiger partial charge in [-0.25, -0.2) is 4.39 Å². The van der Waals surface area contributed by atoms with Gasteiger partial charge in [0.2, 0.25) is 0 Å². The second kappa shape index (κ2) is 4.53. The van der Waals surface area contributed by atoms with Crippen molar-refractivity contribution >= 4 is 22.9 Å². The summed E-state index contributed by atoms with van der Waals surface area (Å²) in [5.41, 5.74) is 0.517. The Morgan fingerprint density at radius 3 is 2.62 bits per heavy atom. The second-order valence-electron chi connectivity index (χ2n) is 3.52. The third kappa shape index (κ3) is 2.26. The van der Waals surface area contributed by atoms with Crippen LogP contribution in [0.3, 0.4) is 0 Å². The van der Waals surface area contributed by atoms with Gasteiger partial charge in [-0.05, 0) is 36.8 Å². The van der Waals surface area contributed by atoms with Gasteiger partial charge in [0.25, 0.3) is 0 Å². The lowest BCUT2D eigenvalue weighted by molar-refractivity contribution is 0.223. The first-order chi connectivity index (χ1) is 7.58. The molecule has 1 N–H and O–H groups in total. The summed E-state index contributed by atoms with van der Waals surface area (Å²) in [5.74, 6) is -0.508. The van der Waals surface area contributed by atoms with Crippen molar-refractivity contribution in [1.29, 1.82) is 0 Å². The molecule has 4 heteroatoms. The number of rotatable bonds is 2. The normalized spacial score (nSPS) is 12.8. The predicted octanol–water partition coefficient (Wildman–Crippen LogP) is 3.93. The number of hydrogen-bond donors (Lipinski definition) is 1. The van der Waals surface area contributed by atoms with Gasteiger partial charge in [-0.15, -0.1) is 11.3 Å². The van der Waals surface area contributed by atoms with Gasteiger partial charge in [0.1, 0.15) is 11.9 Å². The highest BCUT2D eigenvalue weighted by Gasteiger charge is 2.13. The topological polar surface area (TPSA) is 20.2 Å². The van der Waals surface area contributed by atoms with Gasteiger partial charge >= 0.3 is 0 Å². The van der Waals surface area contributed by atoms with E-state index in [1.807, 2.05) is 19.1 Å². The van der Waals surface area contributed by atoms with Gasteiger partial charge in [-0.3, -0.25) is 0 Å². The number of aliphatic hydroxyl groups excluding tert-OH is 1. The zero-order valence-corrected chi connectivity index (χ0v) is 10.1. The van der Waals surface area contributed by atoms with E-state index in [-0.39, 0.29) is 5.02 Å². The van der Waals surface area contributed by atoms with Gasteiger partial charge in [0, 0.05) is 9.75 Å². The maximum absolute atomic E-state index is 13.2. The van der Waals surface area contributed by atoms with Crippen LogP contribution in [0.1, 0.15) is 21.4 Å². The van der Waals surface area contributed by atoms with Crippen molar-refractivity contribution in [3.05, 3.63) is 56.5 Å². The molecule has 2 rings (SSSR count). The average Bonchev–Trinajstić information content (AvgIpc) is 2.68. The van der Waals surface area contributed by atoms with Gasteiger partial charge in [0.05, 0.1) is 5.02 Å². The smallest absolute Gasteiger partial charge is 0.142 e. The number of benzene rings is 1. The predicted molar refractivity (Wildman–Crippen MR) is 64.5 cm³/mol. The molecule has 1 heterocycles. The first-order valence-corrected chi connectivity index (χ1v) is 5.96. The monoisotopic (exact) mass is 256 g/mol. The van der Waals surface area contributed by atoms with Crippen LogP contribution >= 0.6 is 22.9 Å². The summed E-state index contributed by atoms with van der Waals surface area (Å²) in [4.78, 5) is 1.92. The van der Waals surface area contributed by atoms with Crippen molar-refractivity contribution in [2.75, 3.05) is 0 Å². The number of hydrogen-bond acceptors (Lipinski definition) is 2. The molecule has 0 bridgehead atoms. The van der Waals surface area contributed by atoms with Gasteiger partial charge in [-0.2, -0.15) is 0 Å². The molecular formula is C12H10ClFOS. The summed E-state index contributed by atoms with van der Waals surface area (Å²) >= 11 is 7.08. The van der Waals surface area contributed by atoms with Crippen LogP contribution in [0.4, 0.5) is 4.39 Å². The number of aliphatic hydroxyl groups is 1. The number of aryl methyl sites for hydroxylation is 1. The molecule has 1 atom stereocenters. The fourth-order valence-electron chi connectivity index (χ4n) is 1.45. The van der Waals surface area contributed by atoms with Gasteiger partial charge < -0.3 is 5.11 Å². The van der Waals surface area contributed by atoms with E-state index in [2.05, 4.69) is 0 Å². The minimum Gasteiger partial charge on any atom is -0.383 e. The Morgan fingerprint density at radius 1 is 1.31 bits per heavy atom. The Hall–Kier alpha value is -0.900. The summed E-state index contributed by atoms with van der Waals surface area (Å²) in [6.45, 7) is 1.96. The first-order valence-electron chi connectivity index (χ1n) is 4.77. The summed E-state index contributed by atoms with van der Waals surface area (Å²) < 4.78 is 13.2. The Morgan fingerprint density at radius 2 is 2.06 bits per heavy atom. The van der Waals surface area contributed by atoms with Crippen LogP contribution in [0, 0.1) is 12.7 Å². The summed E-state index contributed by atoms with van der Waals surface area (Å²) in [6, 6.07) is 8.12. The maximum atomic E-state index is 13.2. The molecule has 0 aliphatic carbocycles. The standard InChI is InChI=1S/C12H10ClFOS/c1-7-2-5-11(16-7)12(15)8-3-4-9(13)10(14)6-8/h2-6,12,15H,1H3. The second-order valence-corrected chi connectivity index (χ2v) is 5.25. The summed E-state index contributed by atoms with van der Waals surface area (Å²) in [5, 5.41) is 10.1. The van der Waals surface area contributed by atoms with Crippen LogP contribution in [0.15, 0.2) is 30.3 Å². The minimum atomic E-state index is -0.787. The quantitative estimate of drug-likeness (QED) is 0.863. The van der Waals surface area contributed by atoms with E-state index < -0.39 is 11.9 Å². The van der Waals surface area contributed by atoms with Gasteiger partial charge in [0.15, 0.2) is 0 Å². The molecule has 0 saturated heterocycles. The molecule has 0 aliphatic rings. The summed E-state index contributed by atoms with van der Waals surface area (Å²) in [6.07, 6.45) is -0.787. The van der Waals surface area contributed by atoms with Gasteiger partial charge in [-0.1, -0.05) is 17.7 Å². The lowest BCUT2D eigenvalue weighted by Crippen LogP contribution is -1.97. The fourth-order valence-corrected chi connectivity index (χ4v) is 2.46. The molecule has 0 saturated carbocycles. The highest BCUT2D eigenvalue weighted by atomic mass is 35.5. The van der Waals surface area contributed by atoms with Crippen LogP contribution in [-0.4, -0.2) is 5.11 Å². The molecule has 0 aliphatic heterocycles. The minimum absolute atomic E-state index is 0.0679. The molecule has 1 nitrogen and oxygen atoms in total. The molecule has 1 aromatic heterocycles. The van der Waals surface area contributed by atoms with E-state index in [0.29, 0.717) is 5.56 Å². The van der Waals surface area contributed by atoms with Crippen molar-refractivity contribution in [3.8, 4) is 0 Å². The number of thiophene rings is 1. The number of halogens is 2. The van der Waals surface area contributed by atoms with Crippen LogP contribution in [-0.2, 0) is 0 Å². The largest absolute Gasteiger partial charge is 0.383 e. The average molecular weight is 257 g/mol. The van der Waals surface area contributed by atoms with Crippen molar-refractivity contribution in [1.82, 2.24) is 0 Å². The van der Waals surface area contributed by atoms with Crippen molar-refractivity contribution in [3.63, 3.8) is 0 Å². The first kappa shape index (κ1) is 11.6. The Bertz CT molecular complexity index is 509. The van der Waals surface area contributed by atoms with Crippen LogP contribution in [0.2, 0.25) is 5.02 Å². The maximum Gasteiger partial charge on any atom is 0.142 e. The molecule has 84 valence electrons. The van der Waals surface area contributed by atoms with Crippen LogP contribution < -0.4 is 0 Å². The van der Waals surface area contributed by atoms with E-state index in [9.17, 15) is 9.50 Å². The van der Waals surface area contributed by atoms with E-state index in [1.54, 1.807) is 6.07 Å². The Kier molecular flexibility index (Phi) is 3.28. The lowest BCUT2D eigenvalue weighted by atomic mass is 10.1. The zero-order chi connectivity index (χ0) is 11.7. The van der Waals surface area contributed by atoms with Crippen molar-refractivity contribution in [2.45, 2.75) is 13.0 Å².